The van der Waals surface area contributed by atoms with Crippen molar-refractivity contribution in [3.05, 3.63) is 48.0 Å². The standard InChI is InChI=1S/C12H14O/c13-12-7-6-11(9-12)8-10-4-2-1-3-5-10/h1-7,11-13H,8-9H2/t11-,12+/m0/s1. The lowest BCUT2D eigenvalue weighted by molar-refractivity contribution is 0.210. The van der Waals surface area contributed by atoms with Crippen molar-refractivity contribution < 1.29 is 5.11 Å². The monoisotopic (exact) mass is 174 g/mol. The normalized spacial score (nSPS) is 26.5. The van der Waals surface area contributed by atoms with E-state index in [0.717, 1.165) is 12.8 Å². The van der Waals surface area contributed by atoms with Gasteiger partial charge in [-0.1, -0.05) is 42.5 Å². The maximum atomic E-state index is 9.29. The average Bonchev–Trinajstić information content (AvgIpc) is 2.53. The van der Waals surface area contributed by atoms with Crippen LogP contribution in [-0.4, -0.2) is 11.2 Å². The molecular formula is C12H14O. The van der Waals surface area contributed by atoms with Crippen molar-refractivity contribution in [3.63, 3.8) is 0 Å². The van der Waals surface area contributed by atoms with E-state index >= 15 is 0 Å². The van der Waals surface area contributed by atoms with Crippen LogP contribution in [0.1, 0.15) is 12.0 Å². The minimum absolute atomic E-state index is 0.214. The second-order valence-corrected chi connectivity index (χ2v) is 3.64. The Balaban J connectivity index is 1.96. The molecule has 68 valence electrons. The topological polar surface area (TPSA) is 20.2 Å². The fraction of sp³-hybridized carbons (Fsp3) is 0.333. The molecule has 1 nitrogen and oxygen atoms in total. The van der Waals surface area contributed by atoms with Gasteiger partial charge in [0.25, 0.3) is 0 Å². The van der Waals surface area contributed by atoms with E-state index in [1.165, 1.54) is 5.56 Å². The first-order valence-corrected chi connectivity index (χ1v) is 4.75. The Morgan fingerprint density at radius 2 is 1.92 bits per heavy atom. The van der Waals surface area contributed by atoms with Crippen LogP contribution in [0.15, 0.2) is 42.5 Å². The summed E-state index contributed by atoms with van der Waals surface area (Å²) in [5, 5.41) is 9.29. The van der Waals surface area contributed by atoms with Gasteiger partial charge in [0.1, 0.15) is 0 Å². The molecule has 1 N–H and O–H groups in total. The summed E-state index contributed by atoms with van der Waals surface area (Å²) >= 11 is 0. The van der Waals surface area contributed by atoms with Gasteiger partial charge in [-0.05, 0) is 24.3 Å². The number of aliphatic hydroxyl groups is 1. The van der Waals surface area contributed by atoms with Gasteiger partial charge < -0.3 is 5.11 Å². The zero-order valence-electron chi connectivity index (χ0n) is 7.56. The van der Waals surface area contributed by atoms with Crippen LogP contribution in [0.25, 0.3) is 0 Å². The van der Waals surface area contributed by atoms with Crippen LogP contribution in [0.3, 0.4) is 0 Å². The third kappa shape index (κ3) is 2.19. The van der Waals surface area contributed by atoms with E-state index in [-0.39, 0.29) is 6.10 Å². The predicted molar refractivity (Wildman–Crippen MR) is 53.4 cm³/mol. The molecule has 0 aromatic heterocycles. The Labute approximate surface area is 78.7 Å². The van der Waals surface area contributed by atoms with Gasteiger partial charge in [0.2, 0.25) is 0 Å². The Hall–Kier alpha value is -1.08. The van der Waals surface area contributed by atoms with Crippen LogP contribution >= 0.6 is 0 Å². The molecule has 1 aliphatic rings. The zero-order valence-corrected chi connectivity index (χ0v) is 7.56. The van der Waals surface area contributed by atoms with Crippen LogP contribution in [0.5, 0.6) is 0 Å². The first kappa shape index (κ1) is 8.52. The Kier molecular flexibility index (Phi) is 2.46. The highest BCUT2D eigenvalue weighted by molar-refractivity contribution is 5.17. The lowest BCUT2D eigenvalue weighted by Gasteiger charge is -2.08. The lowest BCUT2D eigenvalue weighted by atomic mass is 9.99. The summed E-state index contributed by atoms with van der Waals surface area (Å²) in [7, 11) is 0. The summed E-state index contributed by atoms with van der Waals surface area (Å²) in [6.07, 6.45) is 5.74. The highest BCUT2D eigenvalue weighted by Gasteiger charge is 2.16. The summed E-state index contributed by atoms with van der Waals surface area (Å²) in [4.78, 5) is 0. The van der Waals surface area contributed by atoms with E-state index in [9.17, 15) is 5.11 Å². The summed E-state index contributed by atoms with van der Waals surface area (Å²) < 4.78 is 0. The molecule has 0 saturated heterocycles. The van der Waals surface area contributed by atoms with Crippen LogP contribution in [0, 0.1) is 5.92 Å². The quantitative estimate of drug-likeness (QED) is 0.681. The maximum Gasteiger partial charge on any atom is 0.0726 e. The molecule has 0 unspecified atom stereocenters. The van der Waals surface area contributed by atoms with Gasteiger partial charge in [-0.25, -0.2) is 0 Å². The molecule has 1 aliphatic carbocycles. The Morgan fingerprint density at radius 3 is 2.54 bits per heavy atom. The fourth-order valence-corrected chi connectivity index (χ4v) is 1.82. The number of rotatable bonds is 2. The maximum absolute atomic E-state index is 9.29. The predicted octanol–water partition coefficient (Wildman–Crippen LogP) is 2.17. The second-order valence-electron chi connectivity index (χ2n) is 3.64. The summed E-state index contributed by atoms with van der Waals surface area (Å²) in [6, 6.07) is 10.4. The van der Waals surface area contributed by atoms with E-state index in [4.69, 9.17) is 0 Å². The molecule has 0 aliphatic heterocycles. The molecule has 0 bridgehead atoms. The van der Waals surface area contributed by atoms with Crippen LogP contribution < -0.4 is 0 Å². The molecule has 0 radical (unpaired) electrons. The summed E-state index contributed by atoms with van der Waals surface area (Å²) in [5.41, 5.74) is 1.35. The molecule has 1 aromatic carbocycles. The molecule has 2 atom stereocenters. The van der Waals surface area contributed by atoms with Gasteiger partial charge in [-0.2, -0.15) is 0 Å². The molecule has 0 saturated carbocycles. The number of hydrogen-bond acceptors (Lipinski definition) is 1. The SMILES string of the molecule is O[C@@H]1C=C[C@@H](Cc2ccccc2)C1. The molecule has 0 spiro atoms. The summed E-state index contributed by atoms with van der Waals surface area (Å²) in [5.74, 6) is 0.525. The fourth-order valence-electron chi connectivity index (χ4n) is 1.82. The van der Waals surface area contributed by atoms with Crippen molar-refractivity contribution in [1.29, 1.82) is 0 Å². The molecule has 2 rings (SSSR count). The van der Waals surface area contributed by atoms with E-state index in [1.54, 1.807) is 0 Å². The Bertz CT molecular complexity index is 289. The van der Waals surface area contributed by atoms with Crippen molar-refractivity contribution in [2.75, 3.05) is 0 Å². The number of benzene rings is 1. The van der Waals surface area contributed by atoms with Crippen molar-refractivity contribution >= 4 is 0 Å². The molecule has 0 fully saturated rings. The number of hydrogen-bond donors (Lipinski definition) is 1. The van der Waals surface area contributed by atoms with E-state index in [2.05, 4.69) is 30.3 Å². The van der Waals surface area contributed by atoms with Crippen LogP contribution in [-0.2, 0) is 6.42 Å². The van der Waals surface area contributed by atoms with Crippen molar-refractivity contribution in [2.45, 2.75) is 18.9 Å². The molecule has 0 heterocycles. The molecular weight excluding hydrogens is 160 g/mol. The average molecular weight is 174 g/mol. The third-order valence-electron chi connectivity index (χ3n) is 2.49. The largest absolute Gasteiger partial charge is 0.389 e. The van der Waals surface area contributed by atoms with Crippen molar-refractivity contribution in [2.24, 2.45) is 5.92 Å². The second kappa shape index (κ2) is 3.75. The highest BCUT2D eigenvalue weighted by Crippen LogP contribution is 2.21. The lowest BCUT2D eigenvalue weighted by Crippen LogP contribution is -2.04. The van der Waals surface area contributed by atoms with Gasteiger partial charge in [-0.15, -0.1) is 0 Å². The highest BCUT2D eigenvalue weighted by atomic mass is 16.3. The smallest absolute Gasteiger partial charge is 0.0726 e. The number of allylic oxidation sites excluding steroid dienone is 1. The van der Waals surface area contributed by atoms with Gasteiger partial charge >= 0.3 is 0 Å². The first-order chi connectivity index (χ1) is 6.34. The van der Waals surface area contributed by atoms with Gasteiger partial charge in [-0.3, -0.25) is 0 Å². The van der Waals surface area contributed by atoms with Gasteiger partial charge in [0.05, 0.1) is 6.10 Å². The van der Waals surface area contributed by atoms with Crippen molar-refractivity contribution in [1.82, 2.24) is 0 Å². The van der Waals surface area contributed by atoms with E-state index < -0.39 is 0 Å². The Morgan fingerprint density at radius 1 is 1.15 bits per heavy atom. The zero-order chi connectivity index (χ0) is 9.10. The number of aliphatic hydroxyl groups excluding tert-OH is 1. The van der Waals surface area contributed by atoms with Crippen molar-refractivity contribution in [3.8, 4) is 0 Å². The van der Waals surface area contributed by atoms with Crippen LogP contribution in [0.2, 0.25) is 0 Å². The van der Waals surface area contributed by atoms with Gasteiger partial charge in [0, 0.05) is 0 Å². The molecule has 1 aromatic rings. The van der Waals surface area contributed by atoms with Gasteiger partial charge in [0.15, 0.2) is 0 Å². The molecule has 0 amide bonds. The minimum atomic E-state index is -0.214. The summed E-state index contributed by atoms with van der Waals surface area (Å²) in [6.45, 7) is 0. The third-order valence-corrected chi connectivity index (χ3v) is 2.49. The minimum Gasteiger partial charge on any atom is -0.389 e. The first-order valence-electron chi connectivity index (χ1n) is 4.75. The molecule has 1 heteroatoms. The van der Waals surface area contributed by atoms with Crippen LogP contribution in [0.4, 0.5) is 0 Å². The van der Waals surface area contributed by atoms with E-state index in [1.807, 2.05) is 12.1 Å². The van der Waals surface area contributed by atoms with E-state index in [0.29, 0.717) is 5.92 Å². The molecule has 13 heavy (non-hydrogen) atoms.